The molecule has 28 heavy (non-hydrogen) atoms. The number of hydrogen-bond acceptors (Lipinski definition) is 8. The molecule has 1 saturated heterocycles. The van der Waals surface area contributed by atoms with E-state index in [0.717, 1.165) is 22.2 Å². The predicted molar refractivity (Wildman–Crippen MR) is 108 cm³/mol. The molecule has 3 heterocycles. The molecule has 1 aromatic heterocycles. The molecule has 2 aliphatic rings. The van der Waals surface area contributed by atoms with Gasteiger partial charge in [0.15, 0.2) is 4.34 Å². The summed E-state index contributed by atoms with van der Waals surface area (Å²) in [7, 11) is 0. The molecular formula is C16H21N5O4S3. The molecule has 1 aromatic rings. The van der Waals surface area contributed by atoms with Crippen LogP contribution in [0.3, 0.4) is 0 Å². The molecule has 0 aliphatic carbocycles. The number of carbonyl (C=O) groups excluding carboxylic acids is 2. The topological polar surface area (TPSA) is 125 Å². The summed E-state index contributed by atoms with van der Waals surface area (Å²) < 4.78 is 0.764. The Hall–Kier alpha value is -1.79. The van der Waals surface area contributed by atoms with Crippen LogP contribution in [0.5, 0.6) is 0 Å². The van der Waals surface area contributed by atoms with Gasteiger partial charge in [-0.25, -0.2) is 9.59 Å². The molecule has 12 heteroatoms. The van der Waals surface area contributed by atoms with Crippen molar-refractivity contribution in [1.29, 1.82) is 0 Å². The van der Waals surface area contributed by atoms with Gasteiger partial charge in [-0.2, -0.15) is 0 Å². The van der Waals surface area contributed by atoms with Gasteiger partial charge >= 0.3 is 12.0 Å². The first kappa shape index (κ1) is 20.9. The molecule has 3 N–H and O–H groups in total. The Morgan fingerprint density at radius 3 is 2.82 bits per heavy atom. The molecule has 152 valence electrons. The maximum absolute atomic E-state index is 12.5. The third-order valence-corrected chi connectivity index (χ3v) is 7.63. The third kappa shape index (κ3) is 4.44. The van der Waals surface area contributed by atoms with Crippen LogP contribution < -0.4 is 10.6 Å². The van der Waals surface area contributed by atoms with E-state index >= 15 is 0 Å². The highest BCUT2D eigenvalue weighted by Crippen LogP contribution is 2.41. The Morgan fingerprint density at radius 1 is 1.39 bits per heavy atom. The minimum Gasteiger partial charge on any atom is -0.477 e. The van der Waals surface area contributed by atoms with Crippen molar-refractivity contribution in [2.75, 3.05) is 18.1 Å². The molecule has 1 fully saturated rings. The van der Waals surface area contributed by atoms with Gasteiger partial charge in [-0.05, 0) is 18.9 Å². The van der Waals surface area contributed by atoms with Crippen LogP contribution in [-0.2, 0) is 9.59 Å². The molecule has 2 aliphatic heterocycles. The minimum atomic E-state index is -1.13. The summed E-state index contributed by atoms with van der Waals surface area (Å²) in [5, 5.41) is 23.5. The quantitative estimate of drug-likeness (QED) is 0.315. The molecule has 0 aromatic carbocycles. The van der Waals surface area contributed by atoms with E-state index in [-0.39, 0.29) is 5.70 Å². The van der Waals surface area contributed by atoms with Crippen LogP contribution in [0, 0.1) is 6.92 Å². The van der Waals surface area contributed by atoms with Crippen molar-refractivity contribution >= 4 is 52.8 Å². The van der Waals surface area contributed by atoms with Crippen LogP contribution in [0.2, 0.25) is 0 Å². The molecule has 3 amide bonds. The van der Waals surface area contributed by atoms with Gasteiger partial charge in [0.25, 0.3) is 5.91 Å². The zero-order chi connectivity index (χ0) is 20.3. The van der Waals surface area contributed by atoms with Crippen molar-refractivity contribution < 1.29 is 19.5 Å². The van der Waals surface area contributed by atoms with Crippen molar-refractivity contribution in [2.24, 2.45) is 0 Å². The lowest BCUT2D eigenvalue weighted by Crippen LogP contribution is -2.71. The number of carbonyl (C=O) groups is 3. The fraction of sp³-hybridized carbons (Fsp3) is 0.562. The summed E-state index contributed by atoms with van der Waals surface area (Å²) in [6.07, 6.45) is 1.82. The number of β-lactam (4-membered cyclic amide) rings is 1. The predicted octanol–water partition coefficient (Wildman–Crippen LogP) is 1.66. The number of urea groups is 1. The molecule has 2 atom stereocenters. The van der Waals surface area contributed by atoms with E-state index < -0.39 is 29.3 Å². The van der Waals surface area contributed by atoms with Crippen molar-refractivity contribution in [3.05, 3.63) is 16.3 Å². The number of carboxylic acid groups (broad SMARTS) is 1. The van der Waals surface area contributed by atoms with Gasteiger partial charge in [0.1, 0.15) is 22.1 Å². The molecule has 9 nitrogen and oxygen atoms in total. The van der Waals surface area contributed by atoms with Crippen LogP contribution in [0.15, 0.2) is 15.6 Å². The van der Waals surface area contributed by atoms with Crippen LogP contribution in [0.4, 0.5) is 4.79 Å². The lowest BCUT2D eigenvalue weighted by molar-refractivity contribution is -0.148. The van der Waals surface area contributed by atoms with E-state index in [2.05, 4.69) is 20.8 Å². The highest BCUT2D eigenvalue weighted by molar-refractivity contribution is 8.01. The maximum atomic E-state index is 12.5. The SMILES string of the molecule is CCCCNC(=O)NC1C(=O)N2C(C(=O)O)=C(CSc3nnc(C)s3)CS[C@@H]12. The highest BCUT2D eigenvalue weighted by Gasteiger charge is 2.54. The number of amides is 3. The molecular weight excluding hydrogens is 422 g/mol. The fourth-order valence-electron chi connectivity index (χ4n) is 2.85. The summed E-state index contributed by atoms with van der Waals surface area (Å²) in [4.78, 5) is 37.6. The van der Waals surface area contributed by atoms with Gasteiger partial charge in [-0.15, -0.1) is 22.0 Å². The first-order valence-corrected chi connectivity index (χ1v) is 11.6. The van der Waals surface area contributed by atoms with Gasteiger partial charge in [0.05, 0.1) is 0 Å². The summed E-state index contributed by atoms with van der Waals surface area (Å²) >= 11 is 4.32. The summed E-state index contributed by atoms with van der Waals surface area (Å²) in [5.41, 5.74) is 0.692. The average molecular weight is 444 g/mol. The first-order valence-electron chi connectivity index (χ1n) is 8.79. The van der Waals surface area contributed by atoms with Crippen molar-refractivity contribution in [2.45, 2.75) is 42.4 Å². The Labute approximate surface area is 174 Å². The Bertz CT molecular complexity index is 812. The zero-order valence-corrected chi connectivity index (χ0v) is 17.9. The smallest absolute Gasteiger partial charge is 0.352 e. The second kappa shape index (κ2) is 9.14. The minimum absolute atomic E-state index is 0.0203. The number of fused-ring (bicyclic) bond motifs is 1. The van der Waals surface area contributed by atoms with Crippen molar-refractivity contribution in [1.82, 2.24) is 25.7 Å². The number of thioether (sulfide) groups is 2. The molecule has 0 radical (unpaired) electrons. The number of unbranched alkanes of at least 4 members (excludes halogenated alkanes) is 1. The number of aromatic nitrogens is 2. The molecule has 1 unspecified atom stereocenters. The fourth-order valence-corrected chi connectivity index (χ4v) is 6.15. The Kier molecular flexibility index (Phi) is 6.83. The number of hydrogen-bond donors (Lipinski definition) is 3. The maximum Gasteiger partial charge on any atom is 0.352 e. The Morgan fingerprint density at radius 2 is 2.18 bits per heavy atom. The van der Waals surface area contributed by atoms with E-state index in [1.807, 2.05) is 13.8 Å². The van der Waals surface area contributed by atoms with Gasteiger partial charge < -0.3 is 15.7 Å². The monoisotopic (exact) mass is 443 g/mol. The largest absolute Gasteiger partial charge is 0.477 e. The standard InChI is InChI=1S/C16H21N5O4S3/c1-3-4-5-17-15(25)18-10-12(22)21-11(14(23)24)9(6-26-13(10)21)7-27-16-20-19-8(2)28-16/h10,13H,3-7H2,1-2H3,(H,23,24)(H2,17,18,25)/t10?,13-/m0/s1. The van der Waals surface area contributed by atoms with E-state index in [0.29, 0.717) is 23.6 Å². The van der Waals surface area contributed by atoms with E-state index in [1.54, 1.807) is 0 Å². The van der Waals surface area contributed by atoms with E-state index in [9.17, 15) is 19.5 Å². The number of aliphatic carboxylic acids is 1. The number of aryl methyl sites for hydroxylation is 1. The second-order valence-corrected chi connectivity index (χ2v) is 9.78. The lowest BCUT2D eigenvalue weighted by Gasteiger charge is -2.49. The molecule has 0 saturated carbocycles. The zero-order valence-electron chi connectivity index (χ0n) is 15.4. The first-order chi connectivity index (χ1) is 13.4. The van der Waals surface area contributed by atoms with E-state index in [4.69, 9.17) is 0 Å². The van der Waals surface area contributed by atoms with Gasteiger partial charge in [0.2, 0.25) is 0 Å². The highest BCUT2D eigenvalue weighted by atomic mass is 32.2. The Balaban J connectivity index is 1.65. The van der Waals surface area contributed by atoms with Gasteiger partial charge in [0, 0.05) is 18.1 Å². The number of nitrogens with one attached hydrogen (secondary N) is 2. The van der Waals surface area contributed by atoms with Crippen LogP contribution >= 0.6 is 34.9 Å². The lowest BCUT2D eigenvalue weighted by atomic mass is 10.0. The summed E-state index contributed by atoms with van der Waals surface area (Å²) in [5.74, 6) is -0.616. The van der Waals surface area contributed by atoms with Gasteiger partial charge in [-0.3, -0.25) is 9.69 Å². The van der Waals surface area contributed by atoms with Crippen molar-refractivity contribution in [3.8, 4) is 0 Å². The molecule has 0 spiro atoms. The van der Waals surface area contributed by atoms with Crippen LogP contribution in [0.25, 0.3) is 0 Å². The number of rotatable bonds is 8. The number of carboxylic acids is 1. The normalized spacial score (nSPS) is 21.2. The summed E-state index contributed by atoms with van der Waals surface area (Å²) in [6.45, 7) is 4.42. The van der Waals surface area contributed by atoms with Crippen LogP contribution in [-0.4, -0.2) is 67.6 Å². The second-order valence-electron chi connectivity index (χ2n) is 6.27. The molecule has 3 rings (SSSR count). The van der Waals surface area contributed by atoms with Gasteiger partial charge in [-0.1, -0.05) is 36.4 Å². The number of nitrogens with zero attached hydrogens (tertiary/aromatic N) is 3. The summed E-state index contributed by atoms with van der Waals surface area (Å²) in [6, 6.07) is -1.11. The van der Waals surface area contributed by atoms with Crippen LogP contribution in [0.1, 0.15) is 24.8 Å². The average Bonchev–Trinajstić information content (AvgIpc) is 3.08. The molecule has 0 bridgehead atoms. The van der Waals surface area contributed by atoms with Crippen molar-refractivity contribution in [3.63, 3.8) is 0 Å². The third-order valence-electron chi connectivity index (χ3n) is 4.23. The van der Waals surface area contributed by atoms with E-state index in [1.165, 1.54) is 39.8 Å².